The zero-order valence-electron chi connectivity index (χ0n) is 9.02. The Hall–Kier alpha value is -0.380. The van der Waals surface area contributed by atoms with Gasteiger partial charge < -0.3 is 5.11 Å². The molecule has 2 fully saturated rings. The summed E-state index contributed by atoms with van der Waals surface area (Å²) in [6, 6.07) is 5.38. The minimum Gasteiger partial charge on any atom is -0.383 e. The molecule has 0 aromatic carbocycles. The largest absolute Gasteiger partial charge is 0.383 e. The van der Waals surface area contributed by atoms with E-state index in [4.69, 9.17) is 0 Å². The quantitative estimate of drug-likeness (QED) is 0.831. The van der Waals surface area contributed by atoms with Gasteiger partial charge in [-0.1, -0.05) is 6.07 Å². The summed E-state index contributed by atoms with van der Waals surface area (Å²) in [6.45, 7) is 3.07. The molecule has 1 saturated heterocycles. The SMILES string of the molecule is CC1CC(O)(c2cccs2)CN1C1CC1. The molecule has 0 spiro atoms. The first-order valence-corrected chi connectivity index (χ1v) is 6.59. The van der Waals surface area contributed by atoms with Crippen LogP contribution in [0.25, 0.3) is 0 Å². The first kappa shape index (κ1) is 9.82. The van der Waals surface area contributed by atoms with E-state index in [1.807, 2.05) is 6.07 Å². The molecular formula is C12H17NOS. The van der Waals surface area contributed by atoms with E-state index in [1.54, 1.807) is 11.3 Å². The standard InChI is InChI=1S/C12H17NOS/c1-9-7-12(14,11-3-2-6-15-11)8-13(9)10-4-5-10/h2-3,6,9-10,14H,4-5,7-8H2,1H3. The summed E-state index contributed by atoms with van der Waals surface area (Å²) in [4.78, 5) is 3.62. The molecule has 1 aliphatic carbocycles. The molecule has 2 aliphatic rings. The summed E-state index contributed by atoms with van der Waals surface area (Å²) in [5.74, 6) is 0. The second-order valence-electron chi connectivity index (χ2n) is 4.97. The van der Waals surface area contributed by atoms with Crippen LogP contribution >= 0.6 is 11.3 Å². The predicted molar refractivity (Wildman–Crippen MR) is 62.0 cm³/mol. The molecule has 2 atom stereocenters. The van der Waals surface area contributed by atoms with Crippen molar-refractivity contribution in [3.05, 3.63) is 22.4 Å². The lowest BCUT2D eigenvalue weighted by molar-refractivity contribution is 0.0488. The van der Waals surface area contributed by atoms with Crippen LogP contribution in [0.2, 0.25) is 0 Å². The predicted octanol–water partition coefficient (Wildman–Crippen LogP) is 2.19. The molecule has 0 amide bonds. The van der Waals surface area contributed by atoms with Crippen LogP contribution < -0.4 is 0 Å². The highest BCUT2D eigenvalue weighted by Gasteiger charge is 2.47. The van der Waals surface area contributed by atoms with Crippen molar-refractivity contribution in [2.24, 2.45) is 0 Å². The molecule has 1 aromatic rings. The van der Waals surface area contributed by atoms with E-state index in [2.05, 4.69) is 23.3 Å². The highest BCUT2D eigenvalue weighted by molar-refractivity contribution is 7.10. The molecular weight excluding hydrogens is 206 g/mol. The second-order valence-corrected chi connectivity index (χ2v) is 5.91. The first-order chi connectivity index (χ1) is 7.19. The van der Waals surface area contributed by atoms with E-state index < -0.39 is 5.60 Å². The Bertz CT molecular complexity index is 347. The molecule has 1 saturated carbocycles. The van der Waals surface area contributed by atoms with Crippen LogP contribution in [-0.4, -0.2) is 28.6 Å². The first-order valence-electron chi connectivity index (χ1n) is 5.71. The number of nitrogens with zero attached hydrogens (tertiary/aromatic N) is 1. The lowest BCUT2D eigenvalue weighted by Gasteiger charge is -2.22. The third-order valence-electron chi connectivity index (χ3n) is 3.64. The van der Waals surface area contributed by atoms with Crippen molar-refractivity contribution in [1.29, 1.82) is 0 Å². The van der Waals surface area contributed by atoms with E-state index in [-0.39, 0.29) is 0 Å². The lowest BCUT2D eigenvalue weighted by Crippen LogP contribution is -2.32. The van der Waals surface area contributed by atoms with E-state index in [0.717, 1.165) is 23.9 Å². The van der Waals surface area contributed by atoms with Gasteiger partial charge in [-0.2, -0.15) is 0 Å². The summed E-state index contributed by atoms with van der Waals surface area (Å²) in [6.07, 6.45) is 3.54. The van der Waals surface area contributed by atoms with E-state index in [9.17, 15) is 5.11 Å². The van der Waals surface area contributed by atoms with Gasteiger partial charge in [0.25, 0.3) is 0 Å². The summed E-state index contributed by atoms with van der Waals surface area (Å²) in [7, 11) is 0. The Morgan fingerprint density at radius 2 is 2.33 bits per heavy atom. The van der Waals surface area contributed by atoms with Crippen LogP contribution in [0.1, 0.15) is 31.1 Å². The van der Waals surface area contributed by atoms with Gasteiger partial charge in [0.05, 0.1) is 0 Å². The fourth-order valence-corrected chi connectivity index (χ4v) is 3.57. The Morgan fingerprint density at radius 3 is 2.93 bits per heavy atom. The van der Waals surface area contributed by atoms with Crippen molar-refractivity contribution in [2.75, 3.05) is 6.54 Å². The number of hydrogen-bond donors (Lipinski definition) is 1. The Labute approximate surface area is 94.5 Å². The van der Waals surface area contributed by atoms with Crippen LogP contribution in [0.3, 0.4) is 0 Å². The van der Waals surface area contributed by atoms with Crippen molar-refractivity contribution in [3.63, 3.8) is 0 Å². The van der Waals surface area contributed by atoms with Gasteiger partial charge >= 0.3 is 0 Å². The molecule has 1 N–H and O–H groups in total. The maximum atomic E-state index is 10.6. The monoisotopic (exact) mass is 223 g/mol. The normalized spacial score (nSPS) is 37.3. The number of hydrogen-bond acceptors (Lipinski definition) is 3. The Kier molecular flexibility index (Phi) is 2.16. The van der Waals surface area contributed by atoms with E-state index in [1.165, 1.54) is 12.8 Å². The number of rotatable bonds is 2. The zero-order chi connectivity index (χ0) is 10.5. The highest BCUT2D eigenvalue weighted by Crippen LogP contribution is 2.42. The zero-order valence-corrected chi connectivity index (χ0v) is 9.83. The van der Waals surface area contributed by atoms with Gasteiger partial charge in [-0.15, -0.1) is 11.3 Å². The van der Waals surface area contributed by atoms with E-state index in [0.29, 0.717) is 6.04 Å². The Balaban J connectivity index is 1.83. The van der Waals surface area contributed by atoms with Crippen LogP contribution in [0.5, 0.6) is 0 Å². The molecule has 1 aromatic heterocycles. The average Bonchev–Trinajstić information content (AvgIpc) is 2.77. The molecule has 82 valence electrons. The van der Waals surface area contributed by atoms with Crippen LogP contribution in [-0.2, 0) is 5.60 Å². The molecule has 1 aliphatic heterocycles. The molecule has 2 nitrogen and oxygen atoms in total. The van der Waals surface area contributed by atoms with Crippen LogP contribution in [0, 0.1) is 0 Å². The summed E-state index contributed by atoms with van der Waals surface area (Å²) < 4.78 is 0. The fourth-order valence-electron chi connectivity index (χ4n) is 2.75. The molecule has 0 bridgehead atoms. The van der Waals surface area contributed by atoms with E-state index >= 15 is 0 Å². The third-order valence-corrected chi connectivity index (χ3v) is 4.70. The van der Waals surface area contributed by atoms with Crippen molar-refractivity contribution in [1.82, 2.24) is 4.90 Å². The van der Waals surface area contributed by atoms with Gasteiger partial charge in [0.2, 0.25) is 0 Å². The fraction of sp³-hybridized carbons (Fsp3) is 0.667. The Morgan fingerprint density at radius 1 is 1.53 bits per heavy atom. The van der Waals surface area contributed by atoms with Gasteiger partial charge in [-0.3, -0.25) is 4.90 Å². The topological polar surface area (TPSA) is 23.5 Å². The van der Waals surface area contributed by atoms with Gasteiger partial charge in [0.15, 0.2) is 0 Å². The summed E-state index contributed by atoms with van der Waals surface area (Å²) in [5.41, 5.74) is -0.573. The number of thiophene rings is 1. The van der Waals surface area contributed by atoms with Crippen LogP contribution in [0.4, 0.5) is 0 Å². The lowest BCUT2D eigenvalue weighted by atomic mass is 9.99. The maximum Gasteiger partial charge on any atom is 0.113 e. The number of likely N-dealkylation sites (tertiary alicyclic amines) is 1. The van der Waals surface area contributed by atoms with Gasteiger partial charge in [-0.05, 0) is 37.6 Å². The third kappa shape index (κ3) is 1.63. The maximum absolute atomic E-state index is 10.6. The highest BCUT2D eigenvalue weighted by atomic mass is 32.1. The molecule has 15 heavy (non-hydrogen) atoms. The van der Waals surface area contributed by atoms with Crippen LogP contribution in [0.15, 0.2) is 17.5 Å². The summed E-state index contributed by atoms with van der Waals surface area (Å²) >= 11 is 1.68. The molecule has 3 heteroatoms. The second kappa shape index (κ2) is 3.30. The van der Waals surface area contributed by atoms with Gasteiger partial charge in [0, 0.05) is 23.5 Å². The van der Waals surface area contributed by atoms with Crippen molar-refractivity contribution in [3.8, 4) is 0 Å². The van der Waals surface area contributed by atoms with Crippen molar-refractivity contribution >= 4 is 11.3 Å². The van der Waals surface area contributed by atoms with Crippen molar-refractivity contribution < 1.29 is 5.11 Å². The summed E-state index contributed by atoms with van der Waals surface area (Å²) in [5, 5.41) is 12.7. The van der Waals surface area contributed by atoms with Crippen molar-refractivity contribution in [2.45, 2.75) is 43.9 Å². The molecule has 2 unspecified atom stereocenters. The van der Waals surface area contributed by atoms with Gasteiger partial charge in [0.1, 0.15) is 5.60 Å². The molecule has 3 rings (SSSR count). The smallest absolute Gasteiger partial charge is 0.113 e. The molecule has 0 radical (unpaired) electrons. The minimum atomic E-state index is -0.573. The van der Waals surface area contributed by atoms with Gasteiger partial charge in [-0.25, -0.2) is 0 Å². The number of β-amino-alcohol motifs (C(OH)–C–C–N with tert-alkyl or cyclic N) is 1. The minimum absolute atomic E-state index is 0.532. The average molecular weight is 223 g/mol. The molecule has 2 heterocycles. The number of aliphatic hydroxyl groups is 1.